The lowest BCUT2D eigenvalue weighted by molar-refractivity contribution is -0.00000796. The standard InChI is InChI=1S/C20H20FNO2.ClH/c1-14(23)16-4-6-17(7-5-16)20-11-10-19(24-20)13-22-12-15-2-8-18(21)9-3-15;/h2-11,14,22-23H,12-13H2,1H3;1H/p-1. The minimum absolute atomic E-state index is 0. The summed E-state index contributed by atoms with van der Waals surface area (Å²) in [5, 5.41) is 12.8. The molecule has 132 valence electrons. The molecule has 0 saturated carbocycles. The van der Waals surface area contributed by atoms with Gasteiger partial charge in [0.2, 0.25) is 0 Å². The van der Waals surface area contributed by atoms with Crippen LogP contribution in [0, 0.1) is 5.82 Å². The summed E-state index contributed by atoms with van der Waals surface area (Å²) in [5.41, 5.74) is 2.88. The molecule has 0 saturated heterocycles. The molecular formula is C20H20ClFNO2-. The summed E-state index contributed by atoms with van der Waals surface area (Å²) in [6, 6.07) is 18.0. The predicted molar refractivity (Wildman–Crippen MR) is 91.7 cm³/mol. The monoisotopic (exact) mass is 360 g/mol. The largest absolute Gasteiger partial charge is 1.00 e. The summed E-state index contributed by atoms with van der Waals surface area (Å²) in [6.45, 7) is 3.00. The third-order valence-corrected chi connectivity index (χ3v) is 3.88. The number of halogens is 2. The predicted octanol–water partition coefficient (Wildman–Crippen LogP) is 1.43. The lowest BCUT2D eigenvalue weighted by atomic mass is 10.1. The molecule has 1 atom stereocenters. The van der Waals surface area contributed by atoms with Crippen molar-refractivity contribution in [3.8, 4) is 11.3 Å². The second-order valence-electron chi connectivity index (χ2n) is 5.79. The van der Waals surface area contributed by atoms with Crippen LogP contribution in [0.5, 0.6) is 0 Å². The SMILES string of the molecule is CC(O)c1ccc(-c2ccc(CNCc3ccc(F)cc3)o2)cc1.[Cl-]. The van der Waals surface area contributed by atoms with E-state index in [1.54, 1.807) is 19.1 Å². The highest BCUT2D eigenvalue weighted by Gasteiger charge is 2.06. The molecule has 3 aromatic rings. The molecule has 0 aliphatic heterocycles. The molecule has 2 aromatic carbocycles. The second-order valence-corrected chi connectivity index (χ2v) is 5.79. The third kappa shape index (κ3) is 5.16. The van der Waals surface area contributed by atoms with Gasteiger partial charge >= 0.3 is 0 Å². The van der Waals surface area contributed by atoms with Crippen LogP contribution in [0.2, 0.25) is 0 Å². The Bertz CT molecular complexity index is 782. The van der Waals surface area contributed by atoms with Gasteiger partial charge in [-0.15, -0.1) is 0 Å². The molecule has 0 bridgehead atoms. The van der Waals surface area contributed by atoms with Gasteiger partial charge in [0, 0.05) is 12.1 Å². The van der Waals surface area contributed by atoms with Crippen LogP contribution < -0.4 is 17.7 Å². The Kier molecular flexibility index (Phi) is 6.76. The van der Waals surface area contributed by atoms with Crippen LogP contribution in [-0.4, -0.2) is 5.11 Å². The molecule has 0 radical (unpaired) electrons. The molecule has 0 aliphatic carbocycles. The zero-order valence-corrected chi connectivity index (χ0v) is 14.6. The molecule has 1 heterocycles. The highest BCUT2D eigenvalue weighted by atomic mass is 35.5. The smallest absolute Gasteiger partial charge is 0.134 e. The molecule has 0 fully saturated rings. The molecule has 1 unspecified atom stereocenters. The zero-order valence-electron chi connectivity index (χ0n) is 13.9. The maximum absolute atomic E-state index is 12.9. The van der Waals surface area contributed by atoms with E-state index in [2.05, 4.69) is 5.32 Å². The van der Waals surface area contributed by atoms with Crippen LogP contribution in [-0.2, 0) is 13.1 Å². The minimum atomic E-state index is -0.470. The summed E-state index contributed by atoms with van der Waals surface area (Å²) in [5.74, 6) is 1.41. The van der Waals surface area contributed by atoms with Gasteiger partial charge in [-0.3, -0.25) is 0 Å². The quantitative estimate of drug-likeness (QED) is 0.699. The first-order valence-electron chi connectivity index (χ1n) is 7.94. The Balaban J connectivity index is 0.00000225. The molecule has 25 heavy (non-hydrogen) atoms. The maximum Gasteiger partial charge on any atom is 0.134 e. The van der Waals surface area contributed by atoms with Gasteiger partial charge in [0.1, 0.15) is 17.3 Å². The molecular weight excluding hydrogens is 341 g/mol. The molecule has 0 amide bonds. The van der Waals surface area contributed by atoms with Crippen molar-refractivity contribution in [1.82, 2.24) is 5.32 Å². The fourth-order valence-electron chi connectivity index (χ4n) is 2.49. The highest BCUT2D eigenvalue weighted by molar-refractivity contribution is 5.58. The van der Waals surface area contributed by atoms with E-state index in [-0.39, 0.29) is 18.2 Å². The van der Waals surface area contributed by atoms with Crippen LogP contribution in [0.25, 0.3) is 11.3 Å². The minimum Gasteiger partial charge on any atom is -1.00 e. The van der Waals surface area contributed by atoms with Crippen LogP contribution >= 0.6 is 0 Å². The number of hydrogen-bond donors (Lipinski definition) is 2. The Hall–Kier alpha value is -2.14. The average Bonchev–Trinajstić information content (AvgIpc) is 3.06. The Morgan fingerprint density at radius 1 is 0.960 bits per heavy atom. The summed E-state index contributed by atoms with van der Waals surface area (Å²) < 4.78 is 18.7. The fourth-order valence-corrected chi connectivity index (χ4v) is 2.49. The molecule has 0 spiro atoms. The van der Waals surface area contributed by atoms with Gasteiger partial charge in [-0.25, -0.2) is 4.39 Å². The summed E-state index contributed by atoms with van der Waals surface area (Å²) in [4.78, 5) is 0. The lowest BCUT2D eigenvalue weighted by Gasteiger charge is -2.05. The van der Waals surface area contributed by atoms with Crippen molar-refractivity contribution in [1.29, 1.82) is 0 Å². The Morgan fingerprint density at radius 2 is 1.64 bits per heavy atom. The molecule has 1 aromatic heterocycles. The van der Waals surface area contributed by atoms with E-state index in [1.165, 1.54) is 12.1 Å². The normalized spacial score (nSPS) is 11.8. The van der Waals surface area contributed by atoms with E-state index in [9.17, 15) is 9.50 Å². The molecule has 3 rings (SSSR count). The van der Waals surface area contributed by atoms with Gasteiger partial charge in [-0.1, -0.05) is 36.4 Å². The first-order chi connectivity index (χ1) is 11.6. The van der Waals surface area contributed by atoms with Gasteiger partial charge < -0.3 is 27.2 Å². The van der Waals surface area contributed by atoms with Crippen molar-refractivity contribution in [3.63, 3.8) is 0 Å². The lowest BCUT2D eigenvalue weighted by Crippen LogP contribution is -3.00. The van der Waals surface area contributed by atoms with E-state index >= 15 is 0 Å². The van der Waals surface area contributed by atoms with E-state index in [0.29, 0.717) is 13.1 Å². The zero-order chi connectivity index (χ0) is 16.9. The second kappa shape index (κ2) is 8.81. The van der Waals surface area contributed by atoms with Crippen molar-refractivity contribution in [2.45, 2.75) is 26.1 Å². The van der Waals surface area contributed by atoms with Crippen molar-refractivity contribution in [2.75, 3.05) is 0 Å². The van der Waals surface area contributed by atoms with E-state index in [0.717, 1.165) is 28.2 Å². The van der Waals surface area contributed by atoms with Gasteiger partial charge in [-0.2, -0.15) is 0 Å². The average molecular weight is 361 g/mol. The number of benzene rings is 2. The molecule has 2 N–H and O–H groups in total. The van der Waals surface area contributed by atoms with Gasteiger partial charge in [0.05, 0.1) is 12.6 Å². The van der Waals surface area contributed by atoms with Crippen molar-refractivity contribution in [2.24, 2.45) is 0 Å². The van der Waals surface area contributed by atoms with Crippen LogP contribution in [0.15, 0.2) is 65.1 Å². The Morgan fingerprint density at radius 3 is 2.28 bits per heavy atom. The topological polar surface area (TPSA) is 45.4 Å². The van der Waals surface area contributed by atoms with E-state index in [4.69, 9.17) is 4.42 Å². The van der Waals surface area contributed by atoms with E-state index in [1.807, 2.05) is 36.4 Å². The number of hydrogen-bond acceptors (Lipinski definition) is 3. The summed E-state index contributed by atoms with van der Waals surface area (Å²) in [6.07, 6.45) is -0.470. The summed E-state index contributed by atoms with van der Waals surface area (Å²) in [7, 11) is 0. The van der Waals surface area contributed by atoms with Gasteiger partial charge in [0.25, 0.3) is 0 Å². The number of aliphatic hydroxyl groups excluding tert-OH is 1. The number of rotatable bonds is 6. The number of furan rings is 1. The highest BCUT2D eigenvalue weighted by Crippen LogP contribution is 2.24. The van der Waals surface area contributed by atoms with Gasteiger partial charge in [0.15, 0.2) is 0 Å². The van der Waals surface area contributed by atoms with Crippen molar-refractivity contribution < 1.29 is 26.3 Å². The Labute approximate surface area is 152 Å². The number of aliphatic hydroxyl groups is 1. The van der Waals surface area contributed by atoms with Crippen LogP contribution in [0.4, 0.5) is 4.39 Å². The van der Waals surface area contributed by atoms with Crippen LogP contribution in [0.3, 0.4) is 0 Å². The van der Waals surface area contributed by atoms with Crippen LogP contribution in [0.1, 0.15) is 29.9 Å². The number of nitrogens with one attached hydrogen (secondary N) is 1. The molecule has 3 nitrogen and oxygen atoms in total. The third-order valence-electron chi connectivity index (χ3n) is 3.88. The fraction of sp³-hybridized carbons (Fsp3) is 0.200. The molecule has 0 aliphatic rings. The van der Waals surface area contributed by atoms with Crippen molar-refractivity contribution >= 4 is 0 Å². The van der Waals surface area contributed by atoms with Crippen molar-refractivity contribution in [3.05, 3.63) is 83.4 Å². The first kappa shape index (κ1) is 19.2. The van der Waals surface area contributed by atoms with E-state index < -0.39 is 6.10 Å². The summed E-state index contributed by atoms with van der Waals surface area (Å²) >= 11 is 0. The van der Waals surface area contributed by atoms with Gasteiger partial charge in [-0.05, 0) is 42.3 Å². The maximum atomic E-state index is 12.9. The first-order valence-corrected chi connectivity index (χ1v) is 7.94. The molecule has 5 heteroatoms.